The number of hydrogen-bond acceptors (Lipinski definition) is 3. The first-order chi connectivity index (χ1) is 17.3. The molecule has 0 spiro atoms. The molecule has 3 aromatic carbocycles. The van der Waals surface area contributed by atoms with Crippen LogP contribution in [0.1, 0.15) is 51.1 Å². The minimum Gasteiger partial charge on any atom is -0.339 e. The Morgan fingerprint density at radius 2 is 1.58 bits per heavy atom. The summed E-state index contributed by atoms with van der Waals surface area (Å²) in [5.41, 5.74) is 1.68. The van der Waals surface area contributed by atoms with Crippen molar-refractivity contribution in [3.63, 3.8) is 0 Å². The van der Waals surface area contributed by atoms with Crippen LogP contribution in [0.4, 0.5) is 18.9 Å². The van der Waals surface area contributed by atoms with Crippen molar-refractivity contribution >= 4 is 23.8 Å². The summed E-state index contributed by atoms with van der Waals surface area (Å²) in [6, 6.07) is 16.1. The van der Waals surface area contributed by atoms with E-state index < -0.39 is 17.6 Å². The molecule has 0 radical (unpaired) electrons. The van der Waals surface area contributed by atoms with Crippen molar-refractivity contribution in [1.29, 1.82) is 0 Å². The quantitative estimate of drug-likeness (QED) is 0.428. The Morgan fingerprint density at radius 1 is 0.889 bits per heavy atom. The maximum atomic E-state index is 13.3. The van der Waals surface area contributed by atoms with E-state index in [1.165, 1.54) is 12.1 Å². The smallest absolute Gasteiger partial charge is 0.339 e. The predicted octanol–water partition coefficient (Wildman–Crippen LogP) is 5.99. The lowest BCUT2D eigenvalue weighted by atomic mass is 9.97. The zero-order valence-corrected chi connectivity index (χ0v) is 19.5. The van der Waals surface area contributed by atoms with Crippen LogP contribution in [0, 0.1) is 0 Å². The maximum absolute atomic E-state index is 13.3. The van der Waals surface area contributed by atoms with Crippen molar-refractivity contribution in [3.8, 4) is 11.1 Å². The van der Waals surface area contributed by atoms with Gasteiger partial charge in [-0.3, -0.25) is 9.59 Å². The summed E-state index contributed by atoms with van der Waals surface area (Å²) in [4.78, 5) is 39.4. The molecule has 1 fully saturated rings. The standard InChI is InChI=1S/C28H25F3N2O3/c29-28(30,31)21-11-9-20(10-12-21)22-6-2-3-7-23(22)26(35)32-25-13-8-19(14-17-34)18-24(25)27(36)33-15-4-1-5-16-33/h2-3,6-13,17-18H,1,4-5,14-16H2,(H,32,35). The lowest BCUT2D eigenvalue weighted by Crippen LogP contribution is -2.36. The minimum atomic E-state index is -4.46. The van der Waals surface area contributed by atoms with Crippen molar-refractivity contribution in [1.82, 2.24) is 4.90 Å². The number of carbonyl (C=O) groups excluding carboxylic acids is 3. The first-order valence-electron chi connectivity index (χ1n) is 11.7. The molecule has 5 nitrogen and oxygen atoms in total. The zero-order chi connectivity index (χ0) is 25.7. The molecule has 186 valence electrons. The number of nitrogens with zero attached hydrogens (tertiary/aromatic N) is 1. The van der Waals surface area contributed by atoms with Crippen LogP contribution in [0.25, 0.3) is 11.1 Å². The molecule has 36 heavy (non-hydrogen) atoms. The highest BCUT2D eigenvalue weighted by atomic mass is 19.4. The molecule has 0 aliphatic carbocycles. The van der Waals surface area contributed by atoms with Crippen molar-refractivity contribution < 1.29 is 27.6 Å². The molecule has 0 bridgehead atoms. The highest BCUT2D eigenvalue weighted by Gasteiger charge is 2.30. The summed E-state index contributed by atoms with van der Waals surface area (Å²) in [5.74, 6) is -0.713. The van der Waals surface area contributed by atoms with E-state index in [2.05, 4.69) is 5.32 Å². The summed E-state index contributed by atoms with van der Waals surface area (Å²) < 4.78 is 38.9. The van der Waals surface area contributed by atoms with Crippen molar-refractivity contribution in [2.24, 2.45) is 0 Å². The molecule has 0 saturated carbocycles. The van der Waals surface area contributed by atoms with E-state index in [0.29, 0.717) is 41.0 Å². The van der Waals surface area contributed by atoms with Gasteiger partial charge in [-0.25, -0.2) is 0 Å². The van der Waals surface area contributed by atoms with Gasteiger partial charge in [0.05, 0.1) is 16.8 Å². The Bertz CT molecular complexity index is 1260. The third kappa shape index (κ3) is 5.64. The van der Waals surface area contributed by atoms with Gasteiger partial charge in [-0.2, -0.15) is 13.2 Å². The van der Waals surface area contributed by atoms with Gasteiger partial charge in [-0.1, -0.05) is 36.4 Å². The van der Waals surface area contributed by atoms with Gasteiger partial charge in [0.1, 0.15) is 6.29 Å². The molecule has 1 N–H and O–H groups in total. The lowest BCUT2D eigenvalue weighted by molar-refractivity contribution is -0.137. The normalized spacial score (nSPS) is 13.8. The molecule has 1 aliphatic heterocycles. The molecule has 4 rings (SSSR count). The number of likely N-dealkylation sites (tertiary alicyclic amines) is 1. The second-order valence-corrected chi connectivity index (χ2v) is 8.68. The summed E-state index contributed by atoms with van der Waals surface area (Å²) in [6.07, 6.45) is -0.694. The van der Waals surface area contributed by atoms with E-state index in [-0.39, 0.29) is 17.9 Å². The third-order valence-electron chi connectivity index (χ3n) is 6.22. The zero-order valence-electron chi connectivity index (χ0n) is 19.5. The summed E-state index contributed by atoms with van der Waals surface area (Å²) in [7, 11) is 0. The topological polar surface area (TPSA) is 66.5 Å². The Labute approximate surface area is 206 Å². The molecular formula is C28H25F3N2O3. The van der Waals surface area contributed by atoms with Gasteiger partial charge < -0.3 is 15.0 Å². The van der Waals surface area contributed by atoms with Crippen molar-refractivity contribution in [3.05, 3.63) is 89.0 Å². The Kier molecular flexibility index (Phi) is 7.52. The second-order valence-electron chi connectivity index (χ2n) is 8.68. The molecular weight excluding hydrogens is 469 g/mol. The van der Waals surface area contributed by atoms with Gasteiger partial charge in [0.25, 0.3) is 11.8 Å². The van der Waals surface area contributed by atoms with Crippen molar-refractivity contribution in [2.75, 3.05) is 18.4 Å². The number of nitrogens with one attached hydrogen (secondary N) is 1. The van der Waals surface area contributed by atoms with Crippen LogP contribution >= 0.6 is 0 Å². The largest absolute Gasteiger partial charge is 0.416 e. The number of hydrogen-bond donors (Lipinski definition) is 1. The number of carbonyl (C=O) groups is 3. The first-order valence-corrected chi connectivity index (χ1v) is 11.7. The Hall–Kier alpha value is -3.94. The van der Waals surface area contributed by atoms with Crippen LogP contribution in [0.5, 0.6) is 0 Å². The number of piperidine rings is 1. The SMILES string of the molecule is O=CCc1ccc(NC(=O)c2ccccc2-c2ccc(C(F)(F)F)cc2)c(C(=O)N2CCCCC2)c1. The molecule has 1 heterocycles. The summed E-state index contributed by atoms with van der Waals surface area (Å²) in [6.45, 7) is 1.25. The number of rotatable bonds is 6. The number of aldehydes is 1. The number of alkyl halides is 3. The number of halogens is 3. The molecule has 0 unspecified atom stereocenters. The summed E-state index contributed by atoms with van der Waals surface area (Å²) >= 11 is 0. The molecule has 0 aromatic heterocycles. The molecule has 1 saturated heterocycles. The highest BCUT2D eigenvalue weighted by molar-refractivity contribution is 6.12. The van der Waals surface area contributed by atoms with Gasteiger partial charge in [-0.05, 0) is 66.3 Å². The van der Waals surface area contributed by atoms with E-state index in [4.69, 9.17) is 0 Å². The number of benzene rings is 3. The van der Waals surface area contributed by atoms with Crippen LogP contribution in [0.3, 0.4) is 0 Å². The Morgan fingerprint density at radius 3 is 2.25 bits per heavy atom. The highest BCUT2D eigenvalue weighted by Crippen LogP contribution is 2.32. The van der Waals surface area contributed by atoms with Crippen LogP contribution in [-0.2, 0) is 17.4 Å². The number of anilines is 1. The van der Waals surface area contributed by atoms with E-state index in [1.54, 1.807) is 47.4 Å². The average molecular weight is 495 g/mol. The lowest BCUT2D eigenvalue weighted by Gasteiger charge is -2.27. The van der Waals surface area contributed by atoms with Crippen LogP contribution < -0.4 is 5.32 Å². The van der Waals surface area contributed by atoms with Gasteiger partial charge in [-0.15, -0.1) is 0 Å². The van der Waals surface area contributed by atoms with Gasteiger partial charge >= 0.3 is 6.18 Å². The fourth-order valence-electron chi connectivity index (χ4n) is 4.33. The van der Waals surface area contributed by atoms with Gasteiger partial charge in [0, 0.05) is 25.1 Å². The van der Waals surface area contributed by atoms with Gasteiger partial charge in [0.15, 0.2) is 0 Å². The first kappa shape index (κ1) is 25.2. The van der Waals surface area contributed by atoms with E-state index in [1.807, 2.05) is 0 Å². The second kappa shape index (κ2) is 10.8. The molecule has 1 aliphatic rings. The minimum absolute atomic E-state index is 0.144. The van der Waals surface area contributed by atoms with E-state index in [9.17, 15) is 27.6 Å². The average Bonchev–Trinajstić information content (AvgIpc) is 2.89. The van der Waals surface area contributed by atoms with E-state index >= 15 is 0 Å². The predicted molar refractivity (Wildman–Crippen MR) is 131 cm³/mol. The fraction of sp³-hybridized carbons (Fsp3) is 0.250. The van der Waals surface area contributed by atoms with Crippen LogP contribution in [0.2, 0.25) is 0 Å². The van der Waals surface area contributed by atoms with Crippen LogP contribution in [-0.4, -0.2) is 36.1 Å². The van der Waals surface area contributed by atoms with Gasteiger partial charge in [0.2, 0.25) is 0 Å². The molecule has 2 amide bonds. The Balaban J connectivity index is 1.65. The number of amides is 2. The molecule has 0 atom stereocenters. The fourth-order valence-corrected chi connectivity index (χ4v) is 4.33. The maximum Gasteiger partial charge on any atom is 0.416 e. The monoisotopic (exact) mass is 494 g/mol. The molecule has 8 heteroatoms. The van der Waals surface area contributed by atoms with Crippen LogP contribution in [0.15, 0.2) is 66.7 Å². The van der Waals surface area contributed by atoms with Crippen molar-refractivity contribution in [2.45, 2.75) is 31.9 Å². The summed E-state index contributed by atoms with van der Waals surface area (Å²) in [5, 5.41) is 2.81. The third-order valence-corrected chi connectivity index (χ3v) is 6.22. The molecule has 3 aromatic rings. The van der Waals surface area contributed by atoms with E-state index in [0.717, 1.165) is 37.7 Å².